The van der Waals surface area contributed by atoms with Crippen molar-refractivity contribution >= 4 is 68.3 Å². The monoisotopic (exact) mass is 403 g/mol. The summed E-state index contributed by atoms with van der Waals surface area (Å²) in [5, 5.41) is 6.14. The van der Waals surface area contributed by atoms with Gasteiger partial charge in [-0.25, -0.2) is 9.97 Å². The number of aryl methyl sites for hydroxylation is 2. The van der Waals surface area contributed by atoms with Crippen LogP contribution in [0.5, 0.6) is 0 Å². The molecule has 120 valence electrons. The number of nitrogens with one attached hydrogen (secondary N) is 1. The summed E-state index contributed by atoms with van der Waals surface area (Å²) in [5.74, 6) is -0.185. The van der Waals surface area contributed by atoms with E-state index in [1.54, 1.807) is 6.07 Å². The van der Waals surface area contributed by atoms with E-state index in [4.69, 9.17) is 23.2 Å². The molecule has 0 aliphatic rings. The van der Waals surface area contributed by atoms with Crippen molar-refractivity contribution in [3.8, 4) is 11.3 Å². The van der Waals surface area contributed by atoms with Crippen molar-refractivity contribution in [3.63, 3.8) is 0 Å². The van der Waals surface area contributed by atoms with E-state index in [0.717, 1.165) is 22.7 Å². The lowest BCUT2D eigenvalue weighted by Gasteiger charge is -1.99. The van der Waals surface area contributed by atoms with Gasteiger partial charge < -0.3 is 0 Å². The Morgan fingerprint density at radius 1 is 1.30 bits per heavy atom. The number of amides is 1. The van der Waals surface area contributed by atoms with Crippen LogP contribution in [0.25, 0.3) is 11.3 Å². The van der Waals surface area contributed by atoms with E-state index < -0.39 is 0 Å². The molecule has 0 bridgehead atoms. The van der Waals surface area contributed by atoms with Gasteiger partial charge in [0.05, 0.1) is 20.7 Å². The van der Waals surface area contributed by atoms with Crippen LogP contribution in [0.4, 0.5) is 5.13 Å². The molecule has 4 nitrogen and oxygen atoms in total. The lowest BCUT2D eigenvalue weighted by Crippen LogP contribution is -2.11. The Balaban J connectivity index is 1.80. The molecule has 0 atom stereocenters. The number of hydrogen-bond donors (Lipinski definition) is 1. The molecular weight excluding hydrogens is 393 g/mol. The number of halogens is 2. The fourth-order valence-corrected chi connectivity index (χ4v) is 5.02. The minimum atomic E-state index is -0.185. The molecule has 0 fully saturated rings. The summed E-state index contributed by atoms with van der Waals surface area (Å²) < 4.78 is 1.19. The Hall–Kier alpha value is -0.990. The fraction of sp³-hybridized carbons (Fsp3) is 0.214. The maximum atomic E-state index is 12.4. The molecule has 0 saturated heterocycles. The summed E-state index contributed by atoms with van der Waals surface area (Å²) in [5.41, 5.74) is 2.23. The first-order valence-corrected chi connectivity index (χ1v) is 9.93. The number of carbonyl (C=O) groups excluding carboxylic acids is 1. The van der Waals surface area contributed by atoms with Gasteiger partial charge in [0.1, 0.15) is 9.21 Å². The van der Waals surface area contributed by atoms with E-state index in [0.29, 0.717) is 24.4 Å². The van der Waals surface area contributed by atoms with Crippen LogP contribution in [0.15, 0.2) is 11.4 Å². The average Bonchev–Trinajstić information content (AvgIpc) is 3.18. The molecule has 0 aliphatic carbocycles. The van der Waals surface area contributed by atoms with Crippen LogP contribution in [0.1, 0.15) is 27.3 Å². The maximum absolute atomic E-state index is 12.4. The number of nitrogens with zero attached hydrogens (tertiary/aromatic N) is 2. The third-order valence-corrected chi connectivity index (χ3v) is 6.55. The van der Waals surface area contributed by atoms with Gasteiger partial charge in [-0.2, -0.15) is 0 Å². The molecule has 1 amide bonds. The van der Waals surface area contributed by atoms with Crippen LogP contribution < -0.4 is 5.32 Å². The van der Waals surface area contributed by atoms with Gasteiger partial charge in [-0.1, -0.05) is 30.1 Å². The standard InChI is InChI=1S/C14H11Cl2N3OS3/c1-3-10-17-6(2)11(23-10)13(20)19-14-18-8(5-21-14)7-4-9(15)22-12(7)16/h4-5H,3H2,1-2H3,(H,18,19,20). The summed E-state index contributed by atoms with van der Waals surface area (Å²) in [6, 6.07) is 1.77. The summed E-state index contributed by atoms with van der Waals surface area (Å²) in [4.78, 5) is 21.8. The quantitative estimate of drug-likeness (QED) is 0.602. The van der Waals surface area contributed by atoms with Gasteiger partial charge in [0, 0.05) is 10.9 Å². The highest BCUT2D eigenvalue weighted by Gasteiger charge is 2.17. The van der Waals surface area contributed by atoms with Crippen LogP contribution in [0.2, 0.25) is 8.67 Å². The predicted molar refractivity (Wildman–Crippen MR) is 99.6 cm³/mol. The molecule has 3 aromatic rings. The molecule has 3 aromatic heterocycles. The van der Waals surface area contributed by atoms with E-state index in [1.165, 1.54) is 34.0 Å². The number of thiophene rings is 1. The SMILES string of the molecule is CCc1nc(C)c(C(=O)Nc2nc(-c3cc(Cl)sc3Cl)cs2)s1. The Kier molecular flexibility index (Phi) is 5.03. The fourth-order valence-electron chi connectivity index (χ4n) is 1.94. The van der Waals surface area contributed by atoms with Crippen molar-refractivity contribution in [2.75, 3.05) is 5.32 Å². The highest BCUT2D eigenvalue weighted by molar-refractivity contribution is 7.20. The highest BCUT2D eigenvalue weighted by Crippen LogP contribution is 2.39. The van der Waals surface area contributed by atoms with Gasteiger partial charge in [0.2, 0.25) is 0 Å². The summed E-state index contributed by atoms with van der Waals surface area (Å²) in [7, 11) is 0. The van der Waals surface area contributed by atoms with Crippen LogP contribution in [-0.2, 0) is 6.42 Å². The van der Waals surface area contributed by atoms with Gasteiger partial charge >= 0.3 is 0 Å². The van der Waals surface area contributed by atoms with Gasteiger partial charge in [-0.05, 0) is 19.4 Å². The van der Waals surface area contributed by atoms with Gasteiger partial charge in [0.25, 0.3) is 5.91 Å². The van der Waals surface area contributed by atoms with Gasteiger partial charge in [-0.15, -0.1) is 34.0 Å². The van der Waals surface area contributed by atoms with Crippen molar-refractivity contribution in [2.24, 2.45) is 0 Å². The molecular formula is C14H11Cl2N3OS3. The first kappa shape index (κ1) is 16.9. The summed E-state index contributed by atoms with van der Waals surface area (Å²) >= 11 is 16.1. The zero-order valence-electron chi connectivity index (χ0n) is 12.1. The molecule has 3 heterocycles. The van der Waals surface area contributed by atoms with Crippen molar-refractivity contribution < 1.29 is 4.79 Å². The largest absolute Gasteiger partial charge is 0.297 e. The van der Waals surface area contributed by atoms with Gasteiger partial charge in [-0.3, -0.25) is 10.1 Å². The normalized spacial score (nSPS) is 11.0. The van der Waals surface area contributed by atoms with Crippen molar-refractivity contribution in [1.29, 1.82) is 0 Å². The number of aromatic nitrogens is 2. The van der Waals surface area contributed by atoms with E-state index in [2.05, 4.69) is 15.3 Å². The second-order valence-electron chi connectivity index (χ2n) is 4.61. The van der Waals surface area contributed by atoms with Crippen molar-refractivity contribution in [3.05, 3.63) is 35.7 Å². The Morgan fingerprint density at radius 2 is 2.09 bits per heavy atom. The molecule has 0 radical (unpaired) electrons. The van der Waals surface area contributed by atoms with E-state index in [-0.39, 0.29) is 5.91 Å². The molecule has 1 N–H and O–H groups in total. The van der Waals surface area contributed by atoms with Gasteiger partial charge in [0.15, 0.2) is 5.13 Å². The molecule has 0 aromatic carbocycles. The topological polar surface area (TPSA) is 54.9 Å². The number of anilines is 1. The molecule has 23 heavy (non-hydrogen) atoms. The molecule has 0 aliphatic heterocycles. The van der Waals surface area contributed by atoms with Crippen LogP contribution >= 0.6 is 57.2 Å². The zero-order valence-corrected chi connectivity index (χ0v) is 16.1. The van der Waals surface area contributed by atoms with Crippen LogP contribution in [0, 0.1) is 6.92 Å². The third-order valence-electron chi connectivity index (χ3n) is 3.01. The van der Waals surface area contributed by atoms with E-state index >= 15 is 0 Å². The average molecular weight is 404 g/mol. The first-order chi connectivity index (χ1) is 11.0. The predicted octanol–water partition coefficient (Wildman–Crippen LogP) is 5.76. The maximum Gasteiger partial charge on any atom is 0.269 e. The molecule has 0 saturated carbocycles. The number of carbonyl (C=O) groups is 1. The van der Waals surface area contributed by atoms with E-state index in [9.17, 15) is 4.79 Å². The Labute approximate surface area is 155 Å². The number of thiazole rings is 2. The number of rotatable bonds is 4. The van der Waals surface area contributed by atoms with E-state index in [1.807, 2.05) is 19.2 Å². The molecule has 0 spiro atoms. The summed E-state index contributed by atoms with van der Waals surface area (Å²) in [6.45, 7) is 3.85. The molecule has 0 unspecified atom stereocenters. The molecule has 9 heteroatoms. The lowest BCUT2D eigenvalue weighted by molar-refractivity contribution is 0.103. The summed E-state index contributed by atoms with van der Waals surface area (Å²) in [6.07, 6.45) is 0.817. The smallest absolute Gasteiger partial charge is 0.269 e. The first-order valence-electron chi connectivity index (χ1n) is 6.66. The minimum absolute atomic E-state index is 0.185. The highest BCUT2D eigenvalue weighted by atomic mass is 35.5. The Bertz CT molecular complexity index is 869. The third kappa shape index (κ3) is 3.59. The van der Waals surface area contributed by atoms with Crippen molar-refractivity contribution in [1.82, 2.24) is 9.97 Å². The van der Waals surface area contributed by atoms with Crippen LogP contribution in [0.3, 0.4) is 0 Å². The van der Waals surface area contributed by atoms with Crippen LogP contribution in [-0.4, -0.2) is 15.9 Å². The minimum Gasteiger partial charge on any atom is -0.297 e. The zero-order chi connectivity index (χ0) is 16.6. The Morgan fingerprint density at radius 3 is 2.70 bits per heavy atom. The van der Waals surface area contributed by atoms with Crippen molar-refractivity contribution in [2.45, 2.75) is 20.3 Å². The lowest BCUT2D eigenvalue weighted by atomic mass is 10.3. The molecule has 3 rings (SSSR count). The number of hydrogen-bond acceptors (Lipinski definition) is 6. The second-order valence-corrected chi connectivity index (χ2v) is 8.83. The second kappa shape index (κ2) is 6.86.